The van der Waals surface area contributed by atoms with Crippen LogP contribution in [0.15, 0.2) is 35.4 Å². The third kappa shape index (κ3) is 2.64. The van der Waals surface area contributed by atoms with E-state index in [9.17, 15) is 0 Å². The zero-order valence-corrected chi connectivity index (χ0v) is 17.0. The molecule has 0 saturated carbocycles. The molecule has 136 valence electrons. The van der Waals surface area contributed by atoms with Crippen molar-refractivity contribution in [3.63, 3.8) is 0 Å². The van der Waals surface area contributed by atoms with E-state index in [1.54, 1.807) is 44.5 Å². The van der Waals surface area contributed by atoms with Crippen LogP contribution in [0.2, 0.25) is 0 Å². The quantitative estimate of drug-likeness (QED) is 0.797. The second kappa shape index (κ2) is 6.37. The molecule has 0 N–H and O–H groups in total. The molecule has 0 heterocycles. The fourth-order valence-electron chi connectivity index (χ4n) is 4.84. The summed E-state index contributed by atoms with van der Waals surface area (Å²) >= 11 is 0. The van der Waals surface area contributed by atoms with Crippen LogP contribution in [0.3, 0.4) is 0 Å². The van der Waals surface area contributed by atoms with Gasteiger partial charge in [-0.25, -0.2) is 0 Å². The third-order valence-electron chi connectivity index (χ3n) is 5.90. The van der Waals surface area contributed by atoms with Crippen molar-refractivity contribution < 1.29 is 0 Å². The lowest BCUT2D eigenvalue weighted by molar-refractivity contribution is 0.461. The summed E-state index contributed by atoms with van der Waals surface area (Å²) in [5.41, 5.74) is 12.4. The van der Waals surface area contributed by atoms with Gasteiger partial charge in [-0.1, -0.05) is 35.4 Å². The van der Waals surface area contributed by atoms with Crippen LogP contribution in [-0.2, 0) is 12.8 Å². The molecule has 2 aromatic carbocycles. The number of nitrogens with zero attached hydrogens (tertiary/aromatic N) is 2. The van der Waals surface area contributed by atoms with Gasteiger partial charge in [0.25, 0.3) is 0 Å². The first-order valence-corrected chi connectivity index (χ1v) is 9.62. The van der Waals surface area contributed by atoms with Crippen molar-refractivity contribution in [3.8, 4) is 0 Å². The number of fused-ring (bicyclic) bond motifs is 6. The van der Waals surface area contributed by atoms with Crippen LogP contribution in [0.25, 0.3) is 21.9 Å². The van der Waals surface area contributed by atoms with Gasteiger partial charge in [-0.2, -0.15) is 0 Å². The van der Waals surface area contributed by atoms with Crippen LogP contribution in [0, 0.1) is 0 Å². The van der Waals surface area contributed by atoms with E-state index in [1.807, 2.05) is 0 Å². The summed E-state index contributed by atoms with van der Waals surface area (Å²) in [6.45, 7) is 6.71. The van der Waals surface area contributed by atoms with Crippen molar-refractivity contribution in [1.82, 2.24) is 9.80 Å². The monoisotopic (exact) mass is 346 g/mol. The topological polar surface area (TPSA) is 6.48 Å². The number of allylic oxidation sites excluding steroid dienone is 2. The molecule has 2 heteroatoms. The molecule has 0 bridgehead atoms. The van der Waals surface area contributed by atoms with Gasteiger partial charge in [-0.3, -0.25) is 0 Å². The number of likely N-dealkylation sites (N-methyl/N-ethyl adjacent to an activating group) is 2. The Hall–Kier alpha value is -1.90. The molecule has 2 aromatic rings. The molecule has 0 aliphatic heterocycles. The summed E-state index contributed by atoms with van der Waals surface area (Å²) in [7, 11) is 8.73. The Labute approximate surface area is 157 Å². The first-order valence-electron chi connectivity index (χ1n) is 9.62. The molecule has 0 spiro atoms. The van der Waals surface area contributed by atoms with E-state index in [0.717, 1.165) is 25.9 Å². The van der Waals surface area contributed by atoms with Crippen molar-refractivity contribution >= 4 is 21.9 Å². The zero-order chi connectivity index (χ0) is 18.6. The van der Waals surface area contributed by atoms with E-state index >= 15 is 0 Å². The molecule has 2 aliphatic rings. The van der Waals surface area contributed by atoms with Crippen molar-refractivity contribution in [2.45, 2.75) is 26.7 Å². The summed E-state index contributed by atoms with van der Waals surface area (Å²) in [6.07, 6.45) is 2.20. The fraction of sp³-hybridized carbons (Fsp3) is 0.417. The predicted molar refractivity (Wildman–Crippen MR) is 114 cm³/mol. The van der Waals surface area contributed by atoms with Gasteiger partial charge in [-0.05, 0) is 99.1 Å². The summed E-state index contributed by atoms with van der Waals surface area (Å²) < 4.78 is 0. The van der Waals surface area contributed by atoms with Gasteiger partial charge in [0.2, 0.25) is 0 Å². The predicted octanol–water partition coefficient (Wildman–Crippen LogP) is 4.62. The van der Waals surface area contributed by atoms with Crippen molar-refractivity contribution in [3.05, 3.63) is 57.7 Å². The molecular formula is C24H30N2. The van der Waals surface area contributed by atoms with Crippen LogP contribution in [0.5, 0.6) is 0 Å². The average Bonchev–Trinajstić information content (AvgIpc) is 3.05. The van der Waals surface area contributed by atoms with Crippen molar-refractivity contribution in [2.75, 3.05) is 41.3 Å². The Morgan fingerprint density at radius 3 is 1.42 bits per heavy atom. The van der Waals surface area contributed by atoms with Crippen molar-refractivity contribution in [1.29, 1.82) is 0 Å². The maximum Gasteiger partial charge on any atom is 0.0233 e. The van der Waals surface area contributed by atoms with Gasteiger partial charge < -0.3 is 9.80 Å². The molecule has 0 aromatic heterocycles. The maximum absolute atomic E-state index is 2.33. The lowest BCUT2D eigenvalue weighted by Crippen LogP contribution is -2.17. The van der Waals surface area contributed by atoms with Crippen LogP contribution in [-0.4, -0.2) is 51.1 Å². The molecule has 0 saturated heterocycles. The highest BCUT2D eigenvalue weighted by Crippen LogP contribution is 2.48. The lowest BCUT2D eigenvalue weighted by atomic mass is 9.87. The largest absolute Gasteiger partial charge is 0.305 e. The van der Waals surface area contributed by atoms with Gasteiger partial charge >= 0.3 is 0 Å². The first-order chi connectivity index (χ1) is 12.4. The van der Waals surface area contributed by atoms with E-state index in [4.69, 9.17) is 0 Å². The average molecular weight is 347 g/mol. The minimum Gasteiger partial charge on any atom is -0.305 e. The molecule has 2 aliphatic carbocycles. The Kier molecular flexibility index (Phi) is 4.29. The number of rotatable bonds is 4. The molecule has 0 radical (unpaired) electrons. The number of hydrogen-bond donors (Lipinski definition) is 0. The minimum absolute atomic E-state index is 1.03. The van der Waals surface area contributed by atoms with E-state index < -0.39 is 0 Å². The highest BCUT2D eigenvalue weighted by atomic mass is 15.1. The van der Waals surface area contributed by atoms with E-state index in [2.05, 4.69) is 76.1 Å². The molecule has 4 rings (SSSR count). The van der Waals surface area contributed by atoms with Crippen LogP contribution in [0.4, 0.5) is 0 Å². The van der Waals surface area contributed by atoms with Crippen LogP contribution >= 0.6 is 0 Å². The van der Waals surface area contributed by atoms with E-state index in [0.29, 0.717) is 0 Å². The maximum atomic E-state index is 2.33. The fourth-order valence-corrected chi connectivity index (χ4v) is 4.84. The van der Waals surface area contributed by atoms with Crippen molar-refractivity contribution in [2.24, 2.45) is 0 Å². The van der Waals surface area contributed by atoms with Gasteiger partial charge in [0, 0.05) is 13.1 Å². The summed E-state index contributed by atoms with van der Waals surface area (Å²) in [5, 5.41) is 2.93. The zero-order valence-electron chi connectivity index (χ0n) is 17.0. The van der Waals surface area contributed by atoms with Crippen LogP contribution in [0.1, 0.15) is 36.1 Å². The van der Waals surface area contributed by atoms with Gasteiger partial charge in [0.15, 0.2) is 0 Å². The van der Waals surface area contributed by atoms with Gasteiger partial charge in [0.1, 0.15) is 0 Å². The molecule has 2 nitrogen and oxygen atoms in total. The Morgan fingerprint density at radius 2 is 1.08 bits per heavy atom. The van der Waals surface area contributed by atoms with Gasteiger partial charge in [-0.15, -0.1) is 0 Å². The second-order valence-electron chi connectivity index (χ2n) is 8.60. The van der Waals surface area contributed by atoms with E-state index in [1.165, 1.54) is 10.8 Å². The molecule has 0 fully saturated rings. The first kappa shape index (κ1) is 17.5. The molecule has 0 atom stereocenters. The smallest absolute Gasteiger partial charge is 0.0233 e. The standard InChI is InChI=1S/C24H30N2/c1-15-11-19-17-9-7-8-10-18(17)20-12-16(2)22(14-26(5)6)24(20)23(19)21(15)13-25(3)4/h7-10H,11-14H2,1-6H3. The summed E-state index contributed by atoms with van der Waals surface area (Å²) in [5.74, 6) is 0. The Bertz CT molecular complexity index is 879. The van der Waals surface area contributed by atoms with Crippen LogP contribution < -0.4 is 0 Å². The van der Waals surface area contributed by atoms with Gasteiger partial charge in [0.05, 0.1) is 0 Å². The molecule has 0 unspecified atom stereocenters. The summed E-state index contributed by atoms with van der Waals surface area (Å²) in [4.78, 5) is 4.62. The second-order valence-corrected chi connectivity index (χ2v) is 8.60. The Morgan fingerprint density at radius 1 is 0.692 bits per heavy atom. The number of hydrogen-bond acceptors (Lipinski definition) is 2. The minimum atomic E-state index is 1.03. The number of benzene rings is 2. The molecule has 26 heavy (non-hydrogen) atoms. The highest BCUT2D eigenvalue weighted by molar-refractivity contribution is 6.04. The normalized spacial score (nSPS) is 16.5. The van der Waals surface area contributed by atoms with E-state index in [-0.39, 0.29) is 0 Å². The SMILES string of the molecule is CC1=C(CN(C)C)c2c3c(c4ccccc4c2C1)CC(C)=C3CN(C)C. The Balaban J connectivity index is 2.04. The lowest BCUT2D eigenvalue weighted by Gasteiger charge is -2.21. The molecular weight excluding hydrogens is 316 g/mol. The highest BCUT2D eigenvalue weighted by Gasteiger charge is 2.32. The summed E-state index contributed by atoms with van der Waals surface area (Å²) in [6, 6.07) is 9.06. The molecule has 0 amide bonds. The third-order valence-corrected chi connectivity index (χ3v) is 5.90.